The molecule has 1 aromatic heterocycles. The number of hydrogen-bond donors (Lipinski definition) is 1. The van der Waals surface area contributed by atoms with Gasteiger partial charge < -0.3 is 5.11 Å². The molecule has 0 aliphatic heterocycles. The van der Waals surface area contributed by atoms with Gasteiger partial charge in [0, 0.05) is 17.2 Å². The van der Waals surface area contributed by atoms with Crippen LogP contribution in [0.2, 0.25) is 5.28 Å². The van der Waals surface area contributed by atoms with E-state index in [2.05, 4.69) is 9.97 Å². The van der Waals surface area contributed by atoms with Crippen molar-refractivity contribution in [1.82, 2.24) is 9.97 Å². The van der Waals surface area contributed by atoms with Crippen LogP contribution in [0, 0.1) is 0 Å². The van der Waals surface area contributed by atoms with E-state index >= 15 is 0 Å². The fourth-order valence-electron chi connectivity index (χ4n) is 1.33. The van der Waals surface area contributed by atoms with Crippen molar-refractivity contribution in [3.8, 4) is 0 Å². The Labute approximate surface area is 93.3 Å². The maximum absolute atomic E-state index is 10.6. The van der Waals surface area contributed by atoms with Crippen molar-refractivity contribution in [2.24, 2.45) is 0 Å². The summed E-state index contributed by atoms with van der Waals surface area (Å²) in [5, 5.41) is 8.89. The lowest BCUT2D eigenvalue weighted by Crippen LogP contribution is -2.19. The fourth-order valence-corrected chi connectivity index (χ4v) is 1.46. The van der Waals surface area contributed by atoms with Gasteiger partial charge in [0.05, 0.1) is 12.1 Å². The summed E-state index contributed by atoms with van der Waals surface area (Å²) in [5.74, 6) is -0.897. The summed E-state index contributed by atoms with van der Waals surface area (Å²) in [5.41, 5.74) is 1.06. The lowest BCUT2D eigenvalue weighted by molar-refractivity contribution is -0.136. The van der Waals surface area contributed by atoms with E-state index in [1.165, 1.54) is 6.20 Å². The molecule has 0 fully saturated rings. The summed E-state index contributed by atoms with van der Waals surface area (Å²) < 4.78 is 0. The van der Waals surface area contributed by atoms with E-state index in [9.17, 15) is 4.79 Å². The normalized spacial score (nSPS) is 11.5. The van der Waals surface area contributed by atoms with Crippen LogP contribution in [0.4, 0.5) is 0 Å². The van der Waals surface area contributed by atoms with Crippen molar-refractivity contribution in [1.29, 1.82) is 0 Å². The molecule has 0 spiro atoms. The van der Waals surface area contributed by atoms with E-state index in [0.29, 0.717) is 11.3 Å². The second-order valence-electron chi connectivity index (χ2n) is 4.33. The molecular formula is C10H13ClN2O2. The molecular weight excluding hydrogens is 216 g/mol. The van der Waals surface area contributed by atoms with Gasteiger partial charge in [0.15, 0.2) is 0 Å². The van der Waals surface area contributed by atoms with Crippen LogP contribution in [-0.4, -0.2) is 21.0 Å². The van der Waals surface area contributed by atoms with E-state index in [1.54, 1.807) is 0 Å². The molecule has 4 nitrogen and oxygen atoms in total. The molecule has 0 atom stereocenters. The van der Waals surface area contributed by atoms with Crippen LogP contribution in [0.25, 0.3) is 0 Å². The molecule has 0 amide bonds. The number of rotatable bonds is 2. The fraction of sp³-hybridized carbons (Fsp3) is 0.500. The number of hydrogen-bond acceptors (Lipinski definition) is 3. The Morgan fingerprint density at radius 1 is 1.53 bits per heavy atom. The Hall–Kier alpha value is -1.16. The van der Waals surface area contributed by atoms with Crippen LogP contribution in [0.15, 0.2) is 6.20 Å². The predicted molar refractivity (Wildman–Crippen MR) is 57.1 cm³/mol. The zero-order valence-electron chi connectivity index (χ0n) is 8.91. The summed E-state index contributed by atoms with van der Waals surface area (Å²) in [7, 11) is 0. The van der Waals surface area contributed by atoms with Gasteiger partial charge in [-0.15, -0.1) is 0 Å². The van der Waals surface area contributed by atoms with Crippen molar-refractivity contribution < 1.29 is 9.90 Å². The summed E-state index contributed by atoms with van der Waals surface area (Å²) in [6.07, 6.45) is 1.40. The molecule has 0 radical (unpaired) electrons. The van der Waals surface area contributed by atoms with Crippen LogP contribution >= 0.6 is 11.6 Å². The average molecular weight is 229 g/mol. The average Bonchev–Trinajstić information content (AvgIpc) is 2.05. The predicted octanol–water partition coefficient (Wildman–Crippen LogP) is 2.05. The molecule has 1 aromatic rings. The van der Waals surface area contributed by atoms with E-state index < -0.39 is 5.97 Å². The standard InChI is InChI=1S/C10H13ClN2O2/c1-10(2,3)8-6(4-7(14)15)5-12-9(11)13-8/h5H,4H2,1-3H3,(H,14,15). The van der Waals surface area contributed by atoms with Gasteiger partial charge in [0.2, 0.25) is 5.28 Å². The second-order valence-corrected chi connectivity index (χ2v) is 4.67. The number of aliphatic carboxylic acids is 1. The molecule has 0 aliphatic carbocycles. The monoisotopic (exact) mass is 228 g/mol. The highest BCUT2D eigenvalue weighted by atomic mass is 35.5. The minimum absolute atomic E-state index is 0.0796. The lowest BCUT2D eigenvalue weighted by atomic mass is 9.88. The van der Waals surface area contributed by atoms with E-state index in [4.69, 9.17) is 16.7 Å². The summed E-state index contributed by atoms with van der Waals surface area (Å²) in [4.78, 5) is 18.5. The molecule has 0 saturated carbocycles. The molecule has 0 bridgehead atoms. The minimum Gasteiger partial charge on any atom is -0.481 e. The molecule has 1 heterocycles. The van der Waals surface area contributed by atoms with Crippen LogP contribution in [0.3, 0.4) is 0 Å². The lowest BCUT2D eigenvalue weighted by Gasteiger charge is -2.20. The Kier molecular flexibility index (Phi) is 3.29. The first-order chi connectivity index (χ1) is 6.80. The molecule has 0 saturated heterocycles. The molecule has 5 heteroatoms. The highest BCUT2D eigenvalue weighted by molar-refractivity contribution is 6.28. The third-order valence-corrected chi connectivity index (χ3v) is 2.07. The maximum atomic E-state index is 10.6. The number of carboxylic acids is 1. The smallest absolute Gasteiger partial charge is 0.307 e. The molecule has 0 aliphatic rings. The van der Waals surface area contributed by atoms with Gasteiger partial charge in [-0.3, -0.25) is 4.79 Å². The van der Waals surface area contributed by atoms with Crippen LogP contribution < -0.4 is 0 Å². The SMILES string of the molecule is CC(C)(C)c1nc(Cl)ncc1CC(=O)O. The highest BCUT2D eigenvalue weighted by Gasteiger charge is 2.21. The first-order valence-corrected chi connectivity index (χ1v) is 4.92. The van der Waals surface area contributed by atoms with Gasteiger partial charge >= 0.3 is 5.97 Å². The topological polar surface area (TPSA) is 63.1 Å². The third-order valence-electron chi connectivity index (χ3n) is 1.89. The molecule has 0 unspecified atom stereocenters. The summed E-state index contributed by atoms with van der Waals surface area (Å²) >= 11 is 5.69. The molecule has 1 rings (SSSR count). The van der Waals surface area contributed by atoms with Gasteiger partial charge in [0.25, 0.3) is 0 Å². The Morgan fingerprint density at radius 3 is 2.60 bits per heavy atom. The first-order valence-electron chi connectivity index (χ1n) is 4.54. The van der Waals surface area contributed by atoms with Crippen LogP contribution in [0.1, 0.15) is 32.0 Å². The van der Waals surface area contributed by atoms with Crippen LogP contribution in [0.5, 0.6) is 0 Å². The first kappa shape index (κ1) is 11.9. The van der Waals surface area contributed by atoms with Gasteiger partial charge in [-0.2, -0.15) is 0 Å². The van der Waals surface area contributed by atoms with Crippen molar-refractivity contribution in [3.05, 3.63) is 22.7 Å². The Bertz CT molecular complexity index is 385. The van der Waals surface area contributed by atoms with Gasteiger partial charge in [-0.1, -0.05) is 20.8 Å². The minimum atomic E-state index is -0.897. The second kappa shape index (κ2) is 4.14. The quantitative estimate of drug-likeness (QED) is 0.787. The van der Waals surface area contributed by atoms with Crippen molar-refractivity contribution in [2.75, 3.05) is 0 Å². The van der Waals surface area contributed by atoms with Crippen molar-refractivity contribution >= 4 is 17.6 Å². The Morgan fingerprint density at radius 2 is 2.13 bits per heavy atom. The molecule has 15 heavy (non-hydrogen) atoms. The molecule has 0 aromatic carbocycles. The van der Waals surface area contributed by atoms with E-state index in [0.717, 1.165) is 0 Å². The highest BCUT2D eigenvalue weighted by Crippen LogP contribution is 2.24. The zero-order chi connectivity index (χ0) is 11.6. The number of nitrogens with zero attached hydrogens (tertiary/aromatic N) is 2. The van der Waals surface area contributed by atoms with E-state index in [1.807, 2.05) is 20.8 Å². The van der Waals surface area contributed by atoms with E-state index in [-0.39, 0.29) is 17.1 Å². The van der Waals surface area contributed by atoms with Crippen molar-refractivity contribution in [2.45, 2.75) is 32.6 Å². The third kappa shape index (κ3) is 3.16. The zero-order valence-corrected chi connectivity index (χ0v) is 9.67. The number of halogens is 1. The summed E-state index contributed by atoms with van der Waals surface area (Å²) in [6.45, 7) is 5.87. The number of aromatic nitrogens is 2. The number of carbonyl (C=O) groups is 1. The Balaban J connectivity index is 3.20. The molecule has 1 N–H and O–H groups in total. The molecule has 82 valence electrons. The summed E-state index contributed by atoms with van der Waals surface area (Å²) in [6, 6.07) is 0. The maximum Gasteiger partial charge on any atom is 0.307 e. The number of carboxylic acid groups (broad SMARTS) is 1. The van der Waals surface area contributed by atoms with Gasteiger partial charge in [0.1, 0.15) is 0 Å². The van der Waals surface area contributed by atoms with Gasteiger partial charge in [-0.05, 0) is 11.6 Å². The van der Waals surface area contributed by atoms with Gasteiger partial charge in [-0.25, -0.2) is 9.97 Å². The van der Waals surface area contributed by atoms with Crippen molar-refractivity contribution in [3.63, 3.8) is 0 Å². The van der Waals surface area contributed by atoms with Crippen LogP contribution in [-0.2, 0) is 16.6 Å². The largest absolute Gasteiger partial charge is 0.481 e.